The van der Waals surface area contributed by atoms with Gasteiger partial charge in [-0.15, -0.1) is 0 Å². The van der Waals surface area contributed by atoms with Crippen LogP contribution < -0.4 is 5.32 Å². The zero-order chi connectivity index (χ0) is 15.0. The lowest BCUT2D eigenvalue weighted by Gasteiger charge is -2.18. The van der Waals surface area contributed by atoms with E-state index in [9.17, 15) is 4.79 Å². The van der Waals surface area contributed by atoms with Crippen molar-refractivity contribution < 1.29 is 9.21 Å². The van der Waals surface area contributed by atoms with Crippen LogP contribution in [0.1, 0.15) is 41.9 Å². The topological polar surface area (TPSA) is 70.2 Å². The number of furan rings is 1. The second kappa shape index (κ2) is 5.35. The second-order valence-corrected chi connectivity index (χ2v) is 5.80. The summed E-state index contributed by atoms with van der Waals surface area (Å²) in [4.78, 5) is 23.2. The Morgan fingerprint density at radius 1 is 1.52 bits per heavy atom. The number of hydrogen-bond donors (Lipinski definition) is 1. The molecule has 0 radical (unpaired) electrons. The van der Waals surface area contributed by atoms with Crippen molar-refractivity contribution in [3.63, 3.8) is 0 Å². The van der Waals surface area contributed by atoms with Crippen LogP contribution in [0.5, 0.6) is 0 Å². The highest BCUT2D eigenvalue weighted by atomic mass is 16.4. The van der Waals surface area contributed by atoms with E-state index in [2.05, 4.69) is 29.1 Å². The first kappa shape index (κ1) is 13.9. The Morgan fingerprint density at radius 2 is 2.33 bits per heavy atom. The molecule has 1 N–H and O–H groups in total. The summed E-state index contributed by atoms with van der Waals surface area (Å²) >= 11 is 0. The van der Waals surface area contributed by atoms with Gasteiger partial charge in [-0.25, -0.2) is 4.99 Å². The molecule has 112 valence electrons. The summed E-state index contributed by atoms with van der Waals surface area (Å²) in [5.41, 5.74) is 1.30. The zero-order valence-electron chi connectivity index (χ0n) is 12.6. The van der Waals surface area contributed by atoms with Crippen LogP contribution in [0, 0.1) is 12.8 Å². The minimum absolute atomic E-state index is 0.107. The molecule has 1 amide bonds. The maximum absolute atomic E-state index is 12.5. The van der Waals surface area contributed by atoms with Crippen molar-refractivity contribution >= 4 is 24.0 Å². The van der Waals surface area contributed by atoms with Crippen LogP contribution in [0.4, 0.5) is 5.88 Å². The smallest absolute Gasteiger partial charge is 0.255 e. The monoisotopic (exact) mass is 288 g/mol. The summed E-state index contributed by atoms with van der Waals surface area (Å²) in [7, 11) is 0. The van der Waals surface area contributed by atoms with Crippen molar-refractivity contribution in [1.82, 2.24) is 10.2 Å². The van der Waals surface area contributed by atoms with Gasteiger partial charge < -0.3 is 14.6 Å². The maximum Gasteiger partial charge on any atom is 0.255 e. The highest BCUT2D eigenvalue weighted by molar-refractivity contribution is 6.17. The molecule has 2 aliphatic rings. The summed E-state index contributed by atoms with van der Waals surface area (Å²) in [6.07, 6.45) is 2.67. The standard InChI is InChI=1S/C15H20N4O2/c1-9(2)4-5-17-14(20)11-10(3)21-15-12(11)13-16-6-7-19(13)8-18-15/h8-9H,4-7H2,1-3H3,(H,17,20). The molecule has 0 aliphatic carbocycles. The first-order valence-electron chi connectivity index (χ1n) is 7.35. The van der Waals surface area contributed by atoms with Gasteiger partial charge in [0.1, 0.15) is 17.9 Å². The van der Waals surface area contributed by atoms with Crippen LogP contribution in [0.3, 0.4) is 0 Å². The number of nitrogens with one attached hydrogen (secondary N) is 1. The second-order valence-electron chi connectivity index (χ2n) is 5.80. The maximum atomic E-state index is 12.5. The van der Waals surface area contributed by atoms with E-state index in [0.29, 0.717) is 29.7 Å². The summed E-state index contributed by atoms with van der Waals surface area (Å²) in [6.45, 7) is 8.25. The third kappa shape index (κ3) is 2.46. The van der Waals surface area contributed by atoms with Gasteiger partial charge in [0.05, 0.1) is 17.7 Å². The fourth-order valence-electron chi connectivity index (χ4n) is 2.58. The van der Waals surface area contributed by atoms with Crippen molar-refractivity contribution in [1.29, 1.82) is 0 Å². The fraction of sp³-hybridized carbons (Fsp3) is 0.533. The molecule has 3 heterocycles. The number of aliphatic imine (C=N–C) groups is 2. The normalized spacial score (nSPS) is 16.0. The number of hydrogen-bond acceptors (Lipinski definition) is 5. The predicted molar refractivity (Wildman–Crippen MR) is 81.5 cm³/mol. The SMILES string of the molecule is Cc1oc2c(c1C(=O)NCCC(C)C)C1=NCCN1C=N2. The molecular formula is C15H20N4O2. The van der Waals surface area contributed by atoms with Gasteiger partial charge in [0, 0.05) is 13.1 Å². The number of aryl methyl sites for hydroxylation is 1. The number of amidine groups is 1. The lowest BCUT2D eigenvalue weighted by Crippen LogP contribution is -2.32. The molecule has 6 nitrogen and oxygen atoms in total. The Balaban J connectivity index is 1.88. The number of nitrogens with zero attached hydrogens (tertiary/aromatic N) is 3. The fourth-order valence-corrected chi connectivity index (χ4v) is 2.58. The highest BCUT2D eigenvalue weighted by Gasteiger charge is 2.33. The summed E-state index contributed by atoms with van der Waals surface area (Å²) in [6, 6.07) is 0. The molecule has 6 heteroatoms. The van der Waals surface area contributed by atoms with Gasteiger partial charge in [0.2, 0.25) is 5.88 Å². The molecule has 0 saturated heterocycles. The number of rotatable bonds is 4. The van der Waals surface area contributed by atoms with Crippen molar-refractivity contribution in [2.75, 3.05) is 19.6 Å². The molecule has 0 unspecified atom stereocenters. The first-order chi connectivity index (χ1) is 10.1. The largest absolute Gasteiger partial charge is 0.442 e. The van der Waals surface area contributed by atoms with Crippen LogP contribution in [0.25, 0.3) is 0 Å². The van der Waals surface area contributed by atoms with Gasteiger partial charge in [-0.05, 0) is 19.3 Å². The molecule has 21 heavy (non-hydrogen) atoms. The van der Waals surface area contributed by atoms with E-state index in [1.165, 1.54) is 0 Å². The van der Waals surface area contributed by atoms with Gasteiger partial charge in [0.25, 0.3) is 5.91 Å². The molecule has 1 aromatic rings. The Morgan fingerprint density at radius 3 is 3.10 bits per heavy atom. The van der Waals surface area contributed by atoms with E-state index >= 15 is 0 Å². The number of carbonyl (C=O) groups is 1. The lowest BCUT2D eigenvalue weighted by atomic mass is 10.1. The van der Waals surface area contributed by atoms with Gasteiger partial charge in [0.15, 0.2) is 0 Å². The van der Waals surface area contributed by atoms with E-state index in [4.69, 9.17) is 4.42 Å². The summed E-state index contributed by atoms with van der Waals surface area (Å²) in [5.74, 6) is 2.33. The molecule has 0 spiro atoms. The Bertz CT molecular complexity index is 628. The molecule has 0 aromatic carbocycles. The first-order valence-corrected chi connectivity index (χ1v) is 7.35. The van der Waals surface area contributed by atoms with Gasteiger partial charge in [-0.1, -0.05) is 13.8 Å². The number of carbonyl (C=O) groups excluding carboxylic acids is 1. The summed E-state index contributed by atoms with van der Waals surface area (Å²) < 4.78 is 5.63. The lowest BCUT2D eigenvalue weighted by molar-refractivity contribution is 0.0950. The average Bonchev–Trinajstić information content (AvgIpc) is 3.00. The van der Waals surface area contributed by atoms with Gasteiger partial charge >= 0.3 is 0 Å². The predicted octanol–water partition coefficient (Wildman–Crippen LogP) is 2.10. The van der Waals surface area contributed by atoms with E-state index in [0.717, 1.165) is 30.9 Å². The highest BCUT2D eigenvalue weighted by Crippen LogP contribution is 2.34. The average molecular weight is 288 g/mol. The summed E-state index contributed by atoms with van der Waals surface area (Å²) in [5, 5.41) is 2.96. The van der Waals surface area contributed by atoms with Crippen molar-refractivity contribution in [2.24, 2.45) is 15.9 Å². The van der Waals surface area contributed by atoms with Gasteiger partial charge in [-0.3, -0.25) is 9.79 Å². The van der Waals surface area contributed by atoms with Crippen LogP contribution in [0.15, 0.2) is 14.4 Å². The molecule has 3 rings (SSSR count). The molecule has 0 saturated carbocycles. The van der Waals surface area contributed by atoms with Gasteiger partial charge in [-0.2, -0.15) is 0 Å². The minimum Gasteiger partial charge on any atom is -0.442 e. The molecular weight excluding hydrogens is 268 g/mol. The third-order valence-electron chi connectivity index (χ3n) is 3.71. The Hall–Kier alpha value is -2.11. The van der Waals surface area contributed by atoms with Crippen LogP contribution in [-0.4, -0.2) is 42.6 Å². The zero-order valence-corrected chi connectivity index (χ0v) is 12.6. The van der Waals surface area contributed by atoms with E-state index in [1.54, 1.807) is 13.3 Å². The van der Waals surface area contributed by atoms with Crippen LogP contribution in [0.2, 0.25) is 0 Å². The minimum atomic E-state index is -0.107. The van der Waals surface area contributed by atoms with E-state index in [1.807, 2.05) is 4.90 Å². The molecule has 0 bridgehead atoms. The van der Waals surface area contributed by atoms with E-state index in [-0.39, 0.29) is 5.91 Å². The molecule has 1 aromatic heterocycles. The Kier molecular flexibility index (Phi) is 3.53. The van der Waals surface area contributed by atoms with Crippen molar-refractivity contribution in [2.45, 2.75) is 27.2 Å². The van der Waals surface area contributed by atoms with Crippen molar-refractivity contribution in [3.8, 4) is 0 Å². The van der Waals surface area contributed by atoms with Crippen molar-refractivity contribution in [3.05, 3.63) is 16.9 Å². The number of fused-ring (bicyclic) bond motifs is 3. The molecule has 2 aliphatic heterocycles. The molecule has 0 fully saturated rings. The number of amides is 1. The third-order valence-corrected chi connectivity index (χ3v) is 3.71. The molecule has 0 atom stereocenters. The van der Waals surface area contributed by atoms with E-state index < -0.39 is 0 Å². The van der Waals surface area contributed by atoms with Crippen LogP contribution >= 0.6 is 0 Å². The van der Waals surface area contributed by atoms with Crippen LogP contribution in [-0.2, 0) is 0 Å². The quantitative estimate of drug-likeness (QED) is 0.922. The Labute approximate surface area is 123 Å².